The fourth-order valence-corrected chi connectivity index (χ4v) is 3.54. The van der Waals surface area contributed by atoms with Crippen molar-refractivity contribution in [3.05, 3.63) is 63.7 Å². The quantitative estimate of drug-likeness (QED) is 0.473. The minimum absolute atomic E-state index is 0.0886. The molecule has 164 valence electrons. The summed E-state index contributed by atoms with van der Waals surface area (Å²) in [5, 5.41) is 1.92. The molecule has 1 amide bonds. The van der Waals surface area contributed by atoms with E-state index in [0.717, 1.165) is 30.9 Å². The van der Waals surface area contributed by atoms with E-state index in [4.69, 9.17) is 16.3 Å². The Morgan fingerprint density at radius 2 is 1.74 bits per heavy atom. The summed E-state index contributed by atoms with van der Waals surface area (Å²) >= 11 is 5.58. The summed E-state index contributed by atoms with van der Waals surface area (Å²) in [7, 11) is 0. The summed E-state index contributed by atoms with van der Waals surface area (Å²) in [5.74, 6) is -1.95. The van der Waals surface area contributed by atoms with Gasteiger partial charge in [0.25, 0.3) is 5.91 Å². The van der Waals surface area contributed by atoms with Gasteiger partial charge in [-0.05, 0) is 54.7 Å². The average Bonchev–Trinajstić information content (AvgIpc) is 3.19. The van der Waals surface area contributed by atoms with E-state index in [1.807, 2.05) is 12.1 Å². The zero-order chi connectivity index (χ0) is 22.6. The number of alkyl halides is 3. The van der Waals surface area contributed by atoms with Crippen molar-refractivity contribution >= 4 is 34.9 Å². The van der Waals surface area contributed by atoms with Gasteiger partial charge in [0, 0.05) is 17.0 Å². The van der Waals surface area contributed by atoms with Crippen LogP contribution in [0.25, 0.3) is 0 Å². The molecule has 2 aromatic carbocycles. The van der Waals surface area contributed by atoms with Crippen LogP contribution in [0.5, 0.6) is 0 Å². The number of aryl methyl sites for hydroxylation is 2. The second-order valence-corrected chi connectivity index (χ2v) is 7.59. The normalized spacial score (nSPS) is 12.9. The number of nitrogens with one attached hydrogen (secondary N) is 1. The average molecular weight is 454 g/mol. The van der Waals surface area contributed by atoms with Gasteiger partial charge in [-0.25, -0.2) is 0 Å². The summed E-state index contributed by atoms with van der Waals surface area (Å²) in [4.78, 5) is 36.0. The molecule has 0 heterocycles. The van der Waals surface area contributed by atoms with Crippen LogP contribution in [-0.2, 0) is 33.3 Å². The van der Waals surface area contributed by atoms with Crippen molar-refractivity contribution < 1.29 is 32.3 Å². The van der Waals surface area contributed by atoms with Gasteiger partial charge in [-0.1, -0.05) is 23.7 Å². The Morgan fingerprint density at radius 1 is 1.00 bits per heavy atom. The molecule has 0 radical (unpaired) electrons. The summed E-state index contributed by atoms with van der Waals surface area (Å²) in [5.41, 5.74) is 1.29. The number of benzene rings is 2. The lowest BCUT2D eigenvalue weighted by Crippen LogP contribution is -2.23. The molecule has 0 saturated carbocycles. The largest absolute Gasteiger partial charge is 0.456 e. The van der Waals surface area contributed by atoms with E-state index in [9.17, 15) is 27.6 Å². The third-order valence-corrected chi connectivity index (χ3v) is 5.14. The molecular formula is C22H19ClF3NO4. The van der Waals surface area contributed by atoms with E-state index in [1.54, 1.807) is 6.07 Å². The smallest absolute Gasteiger partial charge is 0.418 e. The number of rotatable bonds is 7. The monoisotopic (exact) mass is 453 g/mol. The number of amides is 1. The summed E-state index contributed by atoms with van der Waals surface area (Å²) in [6.07, 6.45) is -2.06. The first kappa shape index (κ1) is 22.8. The lowest BCUT2D eigenvalue weighted by molar-refractivity contribution is -0.147. The van der Waals surface area contributed by atoms with Crippen molar-refractivity contribution in [1.82, 2.24) is 0 Å². The van der Waals surface area contributed by atoms with Gasteiger partial charge < -0.3 is 10.1 Å². The van der Waals surface area contributed by atoms with Crippen molar-refractivity contribution in [1.29, 1.82) is 0 Å². The molecule has 0 fully saturated rings. The third-order valence-electron chi connectivity index (χ3n) is 4.90. The minimum atomic E-state index is -4.72. The van der Waals surface area contributed by atoms with E-state index in [2.05, 4.69) is 5.32 Å². The minimum Gasteiger partial charge on any atom is -0.456 e. The standard InChI is InChI=1S/C22H19ClF3NO4/c23-16-6-7-18(17(11-16)22(24,25)26)27-20(29)12-31-21(30)9-8-19(28)15-5-4-13-2-1-3-14(13)10-15/h4-7,10-11H,1-3,8-9,12H2,(H,27,29). The van der Waals surface area contributed by atoms with Crippen LogP contribution in [0.3, 0.4) is 0 Å². The lowest BCUT2D eigenvalue weighted by atomic mass is 10.0. The Morgan fingerprint density at radius 3 is 2.48 bits per heavy atom. The van der Waals surface area contributed by atoms with Gasteiger partial charge >= 0.3 is 12.1 Å². The second kappa shape index (κ2) is 9.51. The van der Waals surface area contributed by atoms with Crippen LogP contribution in [0, 0.1) is 0 Å². The maximum absolute atomic E-state index is 13.1. The lowest BCUT2D eigenvalue weighted by Gasteiger charge is -2.14. The van der Waals surface area contributed by atoms with Crippen molar-refractivity contribution in [3.8, 4) is 0 Å². The van der Waals surface area contributed by atoms with Crippen LogP contribution >= 0.6 is 11.6 Å². The number of hydrogen-bond donors (Lipinski definition) is 1. The zero-order valence-electron chi connectivity index (χ0n) is 16.4. The molecule has 0 atom stereocenters. The number of carbonyl (C=O) groups excluding carboxylic acids is 3. The maximum atomic E-state index is 13.1. The van der Waals surface area contributed by atoms with E-state index < -0.39 is 35.9 Å². The molecule has 2 aromatic rings. The van der Waals surface area contributed by atoms with Crippen LogP contribution in [-0.4, -0.2) is 24.3 Å². The Balaban J connectivity index is 1.48. The second-order valence-electron chi connectivity index (χ2n) is 7.16. The SMILES string of the molecule is O=C(COC(=O)CCC(=O)c1ccc2c(c1)CCC2)Nc1ccc(Cl)cc1C(F)(F)F. The van der Waals surface area contributed by atoms with Gasteiger partial charge in [0.15, 0.2) is 12.4 Å². The van der Waals surface area contributed by atoms with Gasteiger partial charge in [-0.2, -0.15) is 13.2 Å². The summed E-state index contributed by atoms with van der Waals surface area (Å²) < 4.78 is 43.9. The number of ether oxygens (including phenoxy) is 1. The molecule has 0 bridgehead atoms. The summed E-state index contributed by atoms with van der Waals surface area (Å²) in [6, 6.07) is 8.39. The van der Waals surface area contributed by atoms with Gasteiger partial charge in [0.1, 0.15) is 0 Å². The van der Waals surface area contributed by atoms with Crippen LogP contribution in [0.1, 0.15) is 46.3 Å². The van der Waals surface area contributed by atoms with Gasteiger partial charge in [0.2, 0.25) is 0 Å². The Hall–Kier alpha value is -2.87. The van der Waals surface area contributed by atoms with Crippen molar-refractivity contribution in [2.45, 2.75) is 38.3 Å². The highest BCUT2D eigenvalue weighted by Gasteiger charge is 2.34. The van der Waals surface area contributed by atoms with Crippen LogP contribution in [0.2, 0.25) is 5.02 Å². The van der Waals surface area contributed by atoms with Crippen molar-refractivity contribution in [2.24, 2.45) is 0 Å². The number of halogens is 4. The highest BCUT2D eigenvalue weighted by atomic mass is 35.5. The highest BCUT2D eigenvalue weighted by Crippen LogP contribution is 2.36. The van der Waals surface area contributed by atoms with Gasteiger partial charge in [-0.3, -0.25) is 14.4 Å². The van der Waals surface area contributed by atoms with E-state index >= 15 is 0 Å². The van der Waals surface area contributed by atoms with Crippen LogP contribution in [0.4, 0.5) is 18.9 Å². The molecule has 0 saturated heterocycles. The molecule has 1 aliphatic carbocycles. The molecule has 3 rings (SSSR count). The Kier molecular flexibility index (Phi) is 7.00. The molecule has 0 spiro atoms. The fourth-order valence-electron chi connectivity index (χ4n) is 3.37. The zero-order valence-corrected chi connectivity index (χ0v) is 17.1. The molecule has 1 aliphatic rings. The number of Topliss-reactive ketones (excluding diaryl/α,β-unsaturated/α-hetero) is 1. The molecule has 0 aromatic heterocycles. The third kappa shape index (κ3) is 6.07. The number of hydrogen-bond acceptors (Lipinski definition) is 4. The molecule has 9 heteroatoms. The van der Waals surface area contributed by atoms with E-state index in [1.165, 1.54) is 11.6 Å². The van der Waals surface area contributed by atoms with Gasteiger partial charge in [-0.15, -0.1) is 0 Å². The molecule has 0 aliphatic heterocycles. The van der Waals surface area contributed by atoms with Crippen molar-refractivity contribution in [2.75, 3.05) is 11.9 Å². The predicted octanol–water partition coefficient (Wildman–Crippen LogP) is 4.99. The van der Waals surface area contributed by atoms with E-state index in [0.29, 0.717) is 11.6 Å². The number of ketones is 1. The number of anilines is 1. The first-order valence-corrected chi connectivity index (χ1v) is 9.98. The highest BCUT2D eigenvalue weighted by molar-refractivity contribution is 6.30. The maximum Gasteiger partial charge on any atom is 0.418 e. The molecular weight excluding hydrogens is 435 g/mol. The molecule has 31 heavy (non-hydrogen) atoms. The van der Waals surface area contributed by atoms with E-state index in [-0.39, 0.29) is 23.6 Å². The van der Waals surface area contributed by atoms with Gasteiger partial charge in [0.05, 0.1) is 17.7 Å². The van der Waals surface area contributed by atoms with Crippen molar-refractivity contribution in [3.63, 3.8) is 0 Å². The molecule has 0 unspecified atom stereocenters. The summed E-state index contributed by atoms with van der Waals surface area (Å²) in [6.45, 7) is -0.772. The Labute approximate surface area is 181 Å². The first-order valence-electron chi connectivity index (χ1n) is 9.60. The number of fused-ring (bicyclic) bond motifs is 1. The first-order chi connectivity index (χ1) is 14.6. The topological polar surface area (TPSA) is 72.5 Å². The van der Waals surface area contributed by atoms with Crippen LogP contribution < -0.4 is 5.32 Å². The Bertz CT molecular complexity index is 1020. The number of carbonyl (C=O) groups is 3. The molecule has 1 N–H and O–H groups in total. The molecule has 5 nitrogen and oxygen atoms in total. The van der Waals surface area contributed by atoms with Crippen LogP contribution in [0.15, 0.2) is 36.4 Å². The fraction of sp³-hybridized carbons (Fsp3) is 0.318. The predicted molar refractivity (Wildman–Crippen MR) is 108 cm³/mol. The number of esters is 1.